The second-order valence-electron chi connectivity index (χ2n) is 6.54. The van der Waals surface area contributed by atoms with Crippen LogP contribution in [0, 0.1) is 11.8 Å². The number of amides is 1. The topological polar surface area (TPSA) is 64.8 Å². The molecule has 2 N–H and O–H groups in total. The van der Waals surface area contributed by atoms with Crippen molar-refractivity contribution in [2.45, 2.75) is 66.7 Å². The molecule has 0 saturated carbocycles. The van der Waals surface area contributed by atoms with E-state index in [9.17, 15) is 4.79 Å². The highest BCUT2D eigenvalue weighted by Gasteiger charge is 2.25. The summed E-state index contributed by atoms with van der Waals surface area (Å²) >= 11 is 0. The molecule has 0 heterocycles. The summed E-state index contributed by atoms with van der Waals surface area (Å²) in [6.07, 6.45) is 1.27. The summed E-state index contributed by atoms with van der Waals surface area (Å²) < 4.78 is 11.1. The Balaban J connectivity index is 4.80. The molecule has 0 saturated heterocycles. The number of nitrogens with zero attached hydrogens (tertiary/aromatic N) is 1. The molecule has 0 rings (SSSR count). The zero-order chi connectivity index (χ0) is 17.1. The minimum absolute atomic E-state index is 0.00115. The molecule has 1 amide bonds. The van der Waals surface area contributed by atoms with E-state index in [2.05, 4.69) is 27.7 Å². The van der Waals surface area contributed by atoms with E-state index in [1.807, 2.05) is 18.7 Å². The highest BCUT2D eigenvalue weighted by atomic mass is 16.7. The van der Waals surface area contributed by atoms with Gasteiger partial charge in [0.15, 0.2) is 6.29 Å². The quantitative estimate of drug-likeness (QED) is 0.562. The van der Waals surface area contributed by atoms with Crippen LogP contribution >= 0.6 is 0 Å². The standard InChI is InChI=1S/C17H36N2O3/c1-7-21-16(22-8-2)12-19(10-9-13(3)4)17(20)15(18)11-14(5)6/h13-16H,7-12,18H2,1-6H3. The fourth-order valence-corrected chi connectivity index (χ4v) is 2.25. The molecular formula is C17H36N2O3. The molecule has 1 atom stereocenters. The lowest BCUT2D eigenvalue weighted by Gasteiger charge is -2.30. The van der Waals surface area contributed by atoms with E-state index in [0.717, 1.165) is 6.42 Å². The van der Waals surface area contributed by atoms with Crippen LogP contribution in [0.1, 0.15) is 54.4 Å². The third kappa shape index (κ3) is 9.38. The van der Waals surface area contributed by atoms with Crippen molar-refractivity contribution in [1.82, 2.24) is 4.90 Å². The van der Waals surface area contributed by atoms with Gasteiger partial charge in [-0.25, -0.2) is 0 Å². The Morgan fingerprint density at radius 1 is 1.05 bits per heavy atom. The van der Waals surface area contributed by atoms with E-state index in [1.54, 1.807) is 0 Å². The van der Waals surface area contributed by atoms with Gasteiger partial charge < -0.3 is 20.1 Å². The van der Waals surface area contributed by atoms with Crippen LogP contribution in [-0.4, -0.2) is 49.4 Å². The molecule has 5 nitrogen and oxygen atoms in total. The maximum absolute atomic E-state index is 12.6. The monoisotopic (exact) mass is 316 g/mol. The lowest BCUT2D eigenvalue weighted by molar-refractivity contribution is -0.160. The Bertz CT molecular complexity index is 290. The van der Waals surface area contributed by atoms with Crippen molar-refractivity contribution in [3.05, 3.63) is 0 Å². The predicted molar refractivity (Wildman–Crippen MR) is 90.5 cm³/mol. The van der Waals surface area contributed by atoms with Crippen LogP contribution in [-0.2, 0) is 14.3 Å². The number of nitrogens with two attached hydrogens (primary N) is 1. The Kier molecular flexibility index (Phi) is 11.5. The minimum atomic E-state index is -0.448. The SMILES string of the molecule is CCOC(CN(CCC(C)C)C(=O)C(N)CC(C)C)OCC. The van der Waals surface area contributed by atoms with Crippen molar-refractivity contribution in [1.29, 1.82) is 0 Å². The first-order chi connectivity index (χ1) is 10.3. The minimum Gasteiger partial charge on any atom is -0.351 e. The van der Waals surface area contributed by atoms with Crippen LogP contribution in [0.3, 0.4) is 0 Å². The molecule has 0 aromatic heterocycles. The van der Waals surface area contributed by atoms with Crippen LogP contribution < -0.4 is 5.73 Å². The predicted octanol–water partition coefficient (Wildman–Crippen LogP) is 2.63. The van der Waals surface area contributed by atoms with Gasteiger partial charge >= 0.3 is 0 Å². The second kappa shape index (κ2) is 11.9. The van der Waals surface area contributed by atoms with Crippen LogP contribution in [0.25, 0.3) is 0 Å². The van der Waals surface area contributed by atoms with Crippen LogP contribution in [0.4, 0.5) is 0 Å². The molecule has 0 aliphatic carbocycles. The summed E-state index contributed by atoms with van der Waals surface area (Å²) in [5.74, 6) is 0.938. The van der Waals surface area contributed by atoms with Crippen molar-refractivity contribution in [2.24, 2.45) is 17.6 Å². The molecule has 132 valence electrons. The molecule has 0 aliphatic heterocycles. The van der Waals surface area contributed by atoms with Gasteiger partial charge in [-0.2, -0.15) is 0 Å². The van der Waals surface area contributed by atoms with Gasteiger partial charge in [-0.05, 0) is 38.5 Å². The molecule has 0 radical (unpaired) electrons. The lowest BCUT2D eigenvalue weighted by Crippen LogP contribution is -2.48. The Hall–Kier alpha value is -0.650. The van der Waals surface area contributed by atoms with Crippen molar-refractivity contribution in [3.63, 3.8) is 0 Å². The van der Waals surface area contributed by atoms with E-state index in [0.29, 0.717) is 44.6 Å². The smallest absolute Gasteiger partial charge is 0.239 e. The average Bonchev–Trinajstić information content (AvgIpc) is 2.42. The van der Waals surface area contributed by atoms with Gasteiger partial charge in [-0.3, -0.25) is 4.79 Å². The molecule has 1 unspecified atom stereocenters. The highest BCUT2D eigenvalue weighted by molar-refractivity contribution is 5.81. The molecule has 0 aromatic rings. The fraction of sp³-hybridized carbons (Fsp3) is 0.941. The van der Waals surface area contributed by atoms with Gasteiger partial charge in [0.05, 0.1) is 12.6 Å². The summed E-state index contributed by atoms with van der Waals surface area (Å²) in [7, 11) is 0. The van der Waals surface area contributed by atoms with Crippen molar-refractivity contribution in [2.75, 3.05) is 26.3 Å². The summed E-state index contributed by atoms with van der Waals surface area (Å²) in [5.41, 5.74) is 6.08. The molecule has 0 bridgehead atoms. The van der Waals surface area contributed by atoms with Gasteiger partial charge in [0, 0.05) is 19.8 Å². The summed E-state index contributed by atoms with van der Waals surface area (Å²) in [4.78, 5) is 14.4. The molecule has 0 fully saturated rings. The van der Waals surface area contributed by atoms with Gasteiger partial charge in [0.2, 0.25) is 5.91 Å². The van der Waals surface area contributed by atoms with Crippen molar-refractivity contribution >= 4 is 5.91 Å². The largest absolute Gasteiger partial charge is 0.351 e. The van der Waals surface area contributed by atoms with Crippen LogP contribution in [0.2, 0.25) is 0 Å². The zero-order valence-electron chi connectivity index (χ0n) is 15.3. The highest BCUT2D eigenvalue weighted by Crippen LogP contribution is 2.10. The van der Waals surface area contributed by atoms with Gasteiger partial charge in [-0.15, -0.1) is 0 Å². The fourth-order valence-electron chi connectivity index (χ4n) is 2.25. The number of hydrogen-bond acceptors (Lipinski definition) is 4. The van der Waals surface area contributed by atoms with Gasteiger partial charge in [0.1, 0.15) is 0 Å². The molecule has 0 aliphatic rings. The summed E-state index contributed by atoms with van der Waals surface area (Å²) in [5, 5.41) is 0. The maximum Gasteiger partial charge on any atom is 0.239 e. The van der Waals surface area contributed by atoms with E-state index in [1.165, 1.54) is 0 Å². The van der Waals surface area contributed by atoms with Gasteiger partial charge in [-0.1, -0.05) is 27.7 Å². The van der Waals surface area contributed by atoms with Gasteiger partial charge in [0.25, 0.3) is 0 Å². The molecule has 22 heavy (non-hydrogen) atoms. The zero-order valence-corrected chi connectivity index (χ0v) is 15.3. The first-order valence-electron chi connectivity index (χ1n) is 8.59. The maximum atomic E-state index is 12.6. The summed E-state index contributed by atoms with van der Waals surface area (Å²) in [6.45, 7) is 14.6. The Morgan fingerprint density at radius 3 is 2.00 bits per heavy atom. The molecule has 0 spiro atoms. The van der Waals surface area contributed by atoms with E-state index < -0.39 is 6.04 Å². The van der Waals surface area contributed by atoms with E-state index in [-0.39, 0.29) is 12.2 Å². The molecule has 5 heteroatoms. The number of hydrogen-bond donors (Lipinski definition) is 1. The van der Waals surface area contributed by atoms with Crippen LogP contribution in [0.15, 0.2) is 0 Å². The van der Waals surface area contributed by atoms with Crippen LogP contribution in [0.5, 0.6) is 0 Å². The lowest BCUT2D eigenvalue weighted by atomic mass is 10.0. The first kappa shape index (κ1) is 21.4. The number of carbonyl (C=O) groups is 1. The number of rotatable bonds is 12. The third-order valence-corrected chi connectivity index (χ3v) is 3.41. The number of ether oxygens (including phenoxy) is 2. The van der Waals surface area contributed by atoms with E-state index >= 15 is 0 Å². The Morgan fingerprint density at radius 2 is 1.59 bits per heavy atom. The van der Waals surface area contributed by atoms with Crippen molar-refractivity contribution in [3.8, 4) is 0 Å². The summed E-state index contributed by atoms with van der Waals surface area (Å²) in [6, 6.07) is -0.448. The first-order valence-corrected chi connectivity index (χ1v) is 8.59. The average molecular weight is 316 g/mol. The number of carbonyl (C=O) groups excluding carboxylic acids is 1. The van der Waals surface area contributed by atoms with E-state index in [4.69, 9.17) is 15.2 Å². The Labute approximate surface area is 136 Å². The second-order valence-corrected chi connectivity index (χ2v) is 6.54. The normalized spacial score (nSPS) is 13.2. The molecule has 0 aromatic carbocycles. The molecular weight excluding hydrogens is 280 g/mol. The van der Waals surface area contributed by atoms with Crippen molar-refractivity contribution < 1.29 is 14.3 Å². The third-order valence-electron chi connectivity index (χ3n) is 3.41.